The highest BCUT2D eigenvalue weighted by molar-refractivity contribution is 5.68. The molecule has 0 heterocycles. The molecule has 0 amide bonds. The summed E-state index contributed by atoms with van der Waals surface area (Å²) in [6.45, 7) is 1.37. The van der Waals surface area contributed by atoms with E-state index in [4.69, 9.17) is 9.47 Å². The Morgan fingerprint density at radius 2 is 0.778 bits per heavy atom. The van der Waals surface area contributed by atoms with E-state index in [0.29, 0.717) is 13.1 Å². The second-order valence-electron chi connectivity index (χ2n) is 8.38. The number of hydrogen-bond acceptors (Lipinski definition) is 4. The van der Waals surface area contributed by atoms with Crippen molar-refractivity contribution < 1.29 is 9.47 Å². The number of hydrogen-bond donors (Lipinski definition) is 2. The van der Waals surface area contributed by atoms with Gasteiger partial charge < -0.3 is 20.1 Å². The Balaban J connectivity index is 1.20. The minimum absolute atomic E-state index is 0.686. The molecule has 0 saturated carbocycles. The van der Waals surface area contributed by atoms with Gasteiger partial charge in [-0.3, -0.25) is 0 Å². The molecule has 0 aromatic heterocycles. The van der Waals surface area contributed by atoms with Crippen molar-refractivity contribution in [1.82, 2.24) is 0 Å². The van der Waals surface area contributed by atoms with Crippen molar-refractivity contribution in [3.8, 4) is 23.0 Å². The molecule has 0 saturated heterocycles. The molecule has 2 N–H and O–H groups in total. The van der Waals surface area contributed by atoms with Crippen LogP contribution in [0, 0.1) is 0 Å². The molecule has 4 nitrogen and oxygen atoms in total. The lowest BCUT2D eigenvalue weighted by Gasteiger charge is -2.15. The number of benzene rings is 5. The van der Waals surface area contributed by atoms with Gasteiger partial charge in [0.2, 0.25) is 0 Å². The van der Waals surface area contributed by atoms with Gasteiger partial charge in [0, 0.05) is 13.1 Å². The van der Waals surface area contributed by atoms with E-state index in [2.05, 4.69) is 47.0 Å². The Labute approximate surface area is 212 Å². The van der Waals surface area contributed by atoms with Crippen LogP contribution in [0.5, 0.6) is 23.0 Å². The topological polar surface area (TPSA) is 42.5 Å². The monoisotopic (exact) mass is 472 g/mol. The van der Waals surface area contributed by atoms with Crippen LogP contribution in [0.4, 0.5) is 11.4 Å². The van der Waals surface area contributed by atoms with Gasteiger partial charge >= 0.3 is 0 Å². The summed E-state index contributed by atoms with van der Waals surface area (Å²) in [5.41, 5.74) is 4.38. The maximum atomic E-state index is 5.98. The van der Waals surface area contributed by atoms with Crippen molar-refractivity contribution in [2.45, 2.75) is 13.1 Å². The second kappa shape index (κ2) is 11.6. The van der Waals surface area contributed by atoms with Crippen LogP contribution in [0.15, 0.2) is 133 Å². The summed E-state index contributed by atoms with van der Waals surface area (Å²) in [7, 11) is 0. The molecule has 5 aromatic carbocycles. The number of ether oxygens (including phenoxy) is 2. The van der Waals surface area contributed by atoms with Crippen LogP contribution in [0.1, 0.15) is 11.1 Å². The summed E-state index contributed by atoms with van der Waals surface area (Å²) in [5.74, 6) is 3.31. The predicted octanol–water partition coefficient (Wildman–Crippen LogP) is 8.50. The number of nitrogens with one attached hydrogen (secondary N) is 2. The normalized spacial score (nSPS) is 10.4. The molecule has 0 unspecified atom stereocenters. The van der Waals surface area contributed by atoms with Crippen molar-refractivity contribution in [1.29, 1.82) is 0 Å². The molecule has 178 valence electrons. The van der Waals surface area contributed by atoms with Crippen LogP contribution in [-0.4, -0.2) is 0 Å². The lowest BCUT2D eigenvalue weighted by atomic mass is 10.2. The van der Waals surface area contributed by atoms with Crippen molar-refractivity contribution in [3.05, 3.63) is 145 Å². The SMILES string of the molecule is c1ccc(Oc2cccc(CNc3ccccc3NCc3cccc(Oc4ccccc4)c3)c2)cc1. The maximum absolute atomic E-state index is 5.98. The summed E-state index contributed by atoms with van der Waals surface area (Å²) in [4.78, 5) is 0. The molecule has 0 radical (unpaired) electrons. The van der Waals surface area contributed by atoms with E-state index in [1.807, 2.05) is 97.1 Å². The van der Waals surface area contributed by atoms with Crippen LogP contribution in [-0.2, 0) is 13.1 Å². The molecule has 5 aromatic rings. The fourth-order valence-electron chi connectivity index (χ4n) is 3.87. The molecule has 0 spiro atoms. The van der Waals surface area contributed by atoms with Crippen molar-refractivity contribution >= 4 is 11.4 Å². The lowest BCUT2D eigenvalue weighted by molar-refractivity contribution is 0.482. The lowest BCUT2D eigenvalue weighted by Crippen LogP contribution is -2.05. The average molecular weight is 473 g/mol. The zero-order valence-corrected chi connectivity index (χ0v) is 19.9. The highest BCUT2D eigenvalue weighted by Crippen LogP contribution is 2.26. The highest BCUT2D eigenvalue weighted by Gasteiger charge is 2.05. The molecule has 0 bridgehead atoms. The van der Waals surface area contributed by atoms with Gasteiger partial charge in [0.1, 0.15) is 23.0 Å². The highest BCUT2D eigenvalue weighted by atomic mass is 16.5. The Morgan fingerprint density at radius 1 is 0.389 bits per heavy atom. The Kier molecular flexibility index (Phi) is 7.45. The Hall–Kier alpha value is -4.70. The number of rotatable bonds is 10. The maximum Gasteiger partial charge on any atom is 0.127 e. The first-order valence-corrected chi connectivity index (χ1v) is 12.0. The van der Waals surface area contributed by atoms with E-state index in [1.54, 1.807) is 0 Å². The molecule has 4 heteroatoms. The summed E-state index contributed by atoms with van der Waals surface area (Å²) in [6.07, 6.45) is 0. The van der Waals surface area contributed by atoms with Crippen LogP contribution in [0.25, 0.3) is 0 Å². The van der Waals surface area contributed by atoms with Gasteiger partial charge in [-0.1, -0.05) is 72.8 Å². The zero-order valence-electron chi connectivity index (χ0n) is 19.9. The van der Waals surface area contributed by atoms with E-state index in [1.165, 1.54) is 0 Å². The van der Waals surface area contributed by atoms with Crippen LogP contribution in [0.3, 0.4) is 0 Å². The molecule has 0 aliphatic carbocycles. The zero-order chi connectivity index (χ0) is 24.4. The van der Waals surface area contributed by atoms with E-state index >= 15 is 0 Å². The minimum Gasteiger partial charge on any atom is -0.457 e. The molecule has 0 fully saturated rings. The van der Waals surface area contributed by atoms with Gasteiger partial charge in [-0.25, -0.2) is 0 Å². The van der Waals surface area contributed by atoms with Crippen molar-refractivity contribution in [2.75, 3.05) is 10.6 Å². The van der Waals surface area contributed by atoms with Crippen LogP contribution >= 0.6 is 0 Å². The third kappa shape index (κ3) is 6.45. The van der Waals surface area contributed by atoms with Gasteiger partial charge in [-0.15, -0.1) is 0 Å². The summed E-state index contributed by atoms with van der Waals surface area (Å²) >= 11 is 0. The fraction of sp³-hybridized carbons (Fsp3) is 0.0625. The molecule has 0 aliphatic rings. The molecule has 36 heavy (non-hydrogen) atoms. The van der Waals surface area contributed by atoms with Gasteiger partial charge in [-0.2, -0.15) is 0 Å². The van der Waals surface area contributed by atoms with Gasteiger partial charge in [0.15, 0.2) is 0 Å². The van der Waals surface area contributed by atoms with Gasteiger partial charge in [0.25, 0.3) is 0 Å². The average Bonchev–Trinajstić information content (AvgIpc) is 2.93. The number of para-hydroxylation sites is 4. The van der Waals surface area contributed by atoms with Crippen molar-refractivity contribution in [3.63, 3.8) is 0 Å². The predicted molar refractivity (Wildman–Crippen MR) is 147 cm³/mol. The summed E-state index contributed by atoms with van der Waals surface area (Å²) in [5, 5.41) is 7.12. The molecular formula is C32H28N2O2. The third-order valence-electron chi connectivity index (χ3n) is 5.65. The quantitative estimate of drug-likeness (QED) is 0.214. The summed E-state index contributed by atoms with van der Waals surface area (Å²) < 4.78 is 12.0. The first-order valence-electron chi connectivity index (χ1n) is 12.0. The Bertz CT molecular complexity index is 1280. The van der Waals surface area contributed by atoms with Crippen LogP contribution in [0.2, 0.25) is 0 Å². The largest absolute Gasteiger partial charge is 0.457 e. The Morgan fingerprint density at radius 3 is 1.22 bits per heavy atom. The third-order valence-corrected chi connectivity index (χ3v) is 5.65. The summed E-state index contributed by atoms with van der Waals surface area (Å²) in [6, 6.07) is 44.2. The van der Waals surface area contributed by atoms with Gasteiger partial charge in [0.05, 0.1) is 11.4 Å². The van der Waals surface area contributed by atoms with E-state index < -0.39 is 0 Å². The first-order chi connectivity index (χ1) is 17.8. The fourth-order valence-corrected chi connectivity index (χ4v) is 3.87. The van der Waals surface area contributed by atoms with E-state index in [-0.39, 0.29) is 0 Å². The second-order valence-corrected chi connectivity index (χ2v) is 8.38. The standard InChI is InChI=1S/C32H28N2O2/c1-3-13-27(14-4-1)35-29-17-9-11-25(21-29)23-33-31-19-7-8-20-32(31)34-24-26-12-10-18-30(22-26)36-28-15-5-2-6-16-28/h1-22,33-34H,23-24H2. The molecular weight excluding hydrogens is 444 g/mol. The minimum atomic E-state index is 0.686. The smallest absolute Gasteiger partial charge is 0.127 e. The number of anilines is 2. The van der Waals surface area contributed by atoms with E-state index in [9.17, 15) is 0 Å². The molecule has 0 aliphatic heterocycles. The molecule has 0 atom stereocenters. The van der Waals surface area contributed by atoms with Crippen molar-refractivity contribution in [2.24, 2.45) is 0 Å². The van der Waals surface area contributed by atoms with Crippen LogP contribution < -0.4 is 20.1 Å². The van der Waals surface area contributed by atoms with E-state index in [0.717, 1.165) is 45.5 Å². The molecule has 5 rings (SSSR count). The van der Waals surface area contributed by atoms with Gasteiger partial charge in [-0.05, 0) is 71.8 Å². The first kappa shape index (κ1) is 23.1.